The fourth-order valence-corrected chi connectivity index (χ4v) is 7.50. The monoisotopic (exact) mass is 519 g/mol. The lowest BCUT2D eigenvalue weighted by atomic mass is 10.00. The average molecular weight is 520 g/mol. The summed E-state index contributed by atoms with van der Waals surface area (Å²) < 4.78 is 12.6. The molecule has 0 fully saturated rings. The Bertz CT molecular complexity index is 1980. The molecule has 3 aromatic heterocycles. The largest absolute Gasteiger partial charge is 0.456 e. The SMILES string of the molecule is Brc1cccc2sc3ccc(-n4c5ccccc5c5c6oc7c(c6ccc54)CCC=C7)cc3c12. The van der Waals surface area contributed by atoms with Gasteiger partial charge in [-0.2, -0.15) is 0 Å². The predicted octanol–water partition coefficient (Wildman–Crippen LogP) is 9.62. The van der Waals surface area contributed by atoms with Crippen LogP contribution < -0.4 is 0 Å². The smallest absolute Gasteiger partial charge is 0.145 e. The van der Waals surface area contributed by atoms with Gasteiger partial charge >= 0.3 is 0 Å². The number of halogens is 1. The third-order valence-corrected chi connectivity index (χ3v) is 8.94. The number of aromatic nitrogens is 1. The predicted molar refractivity (Wildman–Crippen MR) is 148 cm³/mol. The molecule has 34 heavy (non-hydrogen) atoms. The van der Waals surface area contributed by atoms with Crippen LogP contribution in [0.4, 0.5) is 0 Å². The Morgan fingerprint density at radius 2 is 1.74 bits per heavy atom. The van der Waals surface area contributed by atoms with Gasteiger partial charge in [-0.15, -0.1) is 11.3 Å². The highest BCUT2D eigenvalue weighted by Crippen LogP contribution is 2.43. The number of nitrogens with zero attached hydrogens (tertiary/aromatic N) is 1. The number of hydrogen-bond donors (Lipinski definition) is 0. The van der Waals surface area contributed by atoms with Crippen LogP contribution in [0.15, 0.2) is 87.8 Å². The van der Waals surface area contributed by atoms with Crippen LogP contribution in [-0.2, 0) is 6.42 Å². The van der Waals surface area contributed by atoms with E-state index in [1.54, 1.807) is 0 Å². The Labute approximate surface area is 207 Å². The summed E-state index contributed by atoms with van der Waals surface area (Å²) in [7, 11) is 0. The minimum absolute atomic E-state index is 1.01. The molecule has 0 N–H and O–H groups in total. The van der Waals surface area contributed by atoms with Gasteiger partial charge in [0, 0.05) is 46.7 Å². The van der Waals surface area contributed by atoms with Gasteiger partial charge in [0.1, 0.15) is 11.3 Å². The first-order chi connectivity index (χ1) is 16.8. The highest BCUT2D eigenvalue weighted by Gasteiger charge is 2.21. The van der Waals surface area contributed by atoms with E-state index < -0.39 is 0 Å². The van der Waals surface area contributed by atoms with Crippen LogP contribution in [0.2, 0.25) is 0 Å². The number of furan rings is 1. The maximum absolute atomic E-state index is 6.49. The van der Waals surface area contributed by atoms with Gasteiger partial charge in [0.15, 0.2) is 0 Å². The Kier molecular flexibility index (Phi) is 3.83. The summed E-state index contributed by atoms with van der Waals surface area (Å²) in [6.07, 6.45) is 6.46. The summed E-state index contributed by atoms with van der Waals surface area (Å²) >= 11 is 5.63. The van der Waals surface area contributed by atoms with Gasteiger partial charge in [0.2, 0.25) is 0 Å². The van der Waals surface area contributed by atoms with Gasteiger partial charge in [-0.3, -0.25) is 0 Å². The number of allylic oxidation sites excluding steroid dienone is 1. The molecule has 0 amide bonds. The average Bonchev–Trinajstić information content (AvgIpc) is 3.53. The first-order valence-electron chi connectivity index (χ1n) is 11.5. The number of hydrogen-bond acceptors (Lipinski definition) is 2. The van der Waals surface area contributed by atoms with Crippen molar-refractivity contribution >= 4 is 86.3 Å². The molecule has 0 atom stereocenters. The third-order valence-electron chi connectivity index (χ3n) is 7.14. The molecular formula is C30H18BrNOS. The van der Waals surface area contributed by atoms with Gasteiger partial charge in [-0.25, -0.2) is 0 Å². The van der Waals surface area contributed by atoms with Crippen molar-refractivity contribution in [1.82, 2.24) is 4.57 Å². The first kappa shape index (κ1) is 19.0. The molecular weight excluding hydrogens is 502 g/mol. The molecule has 1 aliphatic carbocycles. The second-order valence-electron chi connectivity index (χ2n) is 8.97. The first-order valence-corrected chi connectivity index (χ1v) is 13.1. The van der Waals surface area contributed by atoms with Crippen LogP contribution in [0, 0.1) is 0 Å². The summed E-state index contributed by atoms with van der Waals surface area (Å²) in [5.41, 5.74) is 5.90. The maximum Gasteiger partial charge on any atom is 0.145 e. The van der Waals surface area contributed by atoms with Crippen molar-refractivity contribution in [2.24, 2.45) is 0 Å². The number of thiophene rings is 1. The highest BCUT2D eigenvalue weighted by atomic mass is 79.9. The van der Waals surface area contributed by atoms with E-state index in [4.69, 9.17) is 4.42 Å². The zero-order valence-electron chi connectivity index (χ0n) is 18.1. The number of para-hydroxylation sites is 1. The van der Waals surface area contributed by atoms with Gasteiger partial charge in [-0.05, 0) is 67.4 Å². The van der Waals surface area contributed by atoms with E-state index >= 15 is 0 Å². The van der Waals surface area contributed by atoms with E-state index in [9.17, 15) is 0 Å². The number of fused-ring (bicyclic) bond motifs is 10. The number of aryl methyl sites for hydroxylation is 1. The zero-order valence-corrected chi connectivity index (χ0v) is 20.5. The van der Waals surface area contributed by atoms with Gasteiger partial charge < -0.3 is 8.98 Å². The lowest BCUT2D eigenvalue weighted by Crippen LogP contribution is -1.93. The van der Waals surface area contributed by atoms with E-state index in [-0.39, 0.29) is 0 Å². The van der Waals surface area contributed by atoms with Crippen LogP contribution in [0.3, 0.4) is 0 Å². The Hall–Kier alpha value is -3.34. The number of benzene rings is 4. The summed E-state index contributed by atoms with van der Waals surface area (Å²) in [6.45, 7) is 0. The van der Waals surface area contributed by atoms with Crippen LogP contribution in [0.1, 0.15) is 17.7 Å². The van der Waals surface area contributed by atoms with E-state index in [0.717, 1.165) is 28.7 Å². The van der Waals surface area contributed by atoms with Gasteiger partial charge in [-0.1, -0.05) is 46.3 Å². The molecule has 162 valence electrons. The highest BCUT2D eigenvalue weighted by molar-refractivity contribution is 9.10. The van der Waals surface area contributed by atoms with Crippen LogP contribution in [0.5, 0.6) is 0 Å². The lowest BCUT2D eigenvalue weighted by Gasteiger charge is -2.08. The molecule has 0 aliphatic heterocycles. The van der Waals surface area contributed by atoms with E-state index in [2.05, 4.69) is 105 Å². The van der Waals surface area contributed by atoms with Crippen molar-refractivity contribution in [2.45, 2.75) is 12.8 Å². The molecule has 4 heteroatoms. The molecule has 0 saturated heterocycles. The van der Waals surface area contributed by atoms with E-state index in [1.165, 1.54) is 58.6 Å². The van der Waals surface area contributed by atoms with Crippen molar-refractivity contribution in [3.05, 3.63) is 94.7 Å². The summed E-state index contributed by atoms with van der Waals surface area (Å²) in [5, 5.41) is 6.26. The molecule has 3 heterocycles. The molecule has 7 aromatic rings. The molecule has 8 rings (SSSR count). The normalized spacial score (nSPS) is 13.7. The number of rotatable bonds is 1. The molecule has 0 spiro atoms. The summed E-state index contributed by atoms with van der Waals surface area (Å²) in [5.74, 6) is 1.02. The zero-order chi connectivity index (χ0) is 22.4. The molecule has 1 aliphatic rings. The van der Waals surface area contributed by atoms with E-state index in [1.807, 2.05) is 11.3 Å². The van der Waals surface area contributed by atoms with Crippen molar-refractivity contribution in [2.75, 3.05) is 0 Å². The molecule has 0 radical (unpaired) electrons. The second-order valence-corrected chi connectivity index (χ2v) is 10.9. The Morgan fingerprint density at radius 1 is 0.794 bits per heavy atom. The maximum atomic E-state index is 6.49. The molecule has 4 aromatic carbocycles. The quantitative estimate of drug-likeness (QED) is 0.211. The fourth-order valence-electron chi connectivity index (χ4n) is 5.68. The minimum Gasteiger partial charge on any atom is -0.456 e. The Morgan fingerprint density at radius 3 is 2.71 bits per heavy atom. The Balaban J connectivity index is 1.51. The van der Waals surface area contributed by atoms with Crippen LogP contribution in [-0.4, -0.2) is 4.57 Å². The second kappa shape index (κ2) is 6.84. The van der Waals surface area contributed by atoms with Crippen LogP contribution in [0.25, 0.3) is 64.7 Å². The molecule has 2 nitrogen and oxygen atoms in total. The van der Waals surface area contributed by atoms with Gasteiger partial charge in [0.05, 0.1) is 16.4 Å². The summed E-state index contributed by atoms with van der Waals surface area (Å²) in [4.78, 5) is 0. The van der Waals surface area contributed by atoms with Gasteiger partial charge in [0.25, 0.3) is 0 Å². The minimum atomic E-state index is 1.01. The van der Waals surface area contributed by atoms with Crippen molar-refractivity contribution in [1.29, 1.82) is 0 Å². The van der Waals surface area contributed by atoms with Crippen molar-refractivity contribution in [3.8, 4) is 5.69 Å². The molecule has 0 saturated carbocycles. The molecule has 0 bridgehead atoms. The standard InChI is InChI=1S/C30H18BrNOS/c31-22-8-5-11-27-28(22)21-16-17(12-15-26(21)34-27)32-23-9-3-1-7-20(23)29-24(32)14-13-19-18-6-2-4-10-25(18)33-30(19)29/h1,3-5,7-16H,2,6H2. The third kappa shape index (κ3) is 2.45. The van der Waals surface area contributed by atoms with Crippen molar-refractivity contribution in [3.63, 3.8) is 0 Å². The lowest BCUT2D eigenvalue weighted by molar-refractivity contribution is 0.598. The van der Waals surface area contributed by atoms with Crippen molar-refractivity contribution < 1.29 is 4.42 Å². The fraction of sp³-hybridized carbons (Fsp3) is 0.0667. The van der Waals surface area contributed by atoms with Crippen LogP contribution >= 0.6 is 27.3 Å². The van der Waals surface area contributed by atoms with E-state index in [0.29, 0.717) is 0 Å². The summed E-state index contributed by atoms with van der Waals surface area (Å²) in [6, 6.07) is 26.5. The topological polar surface area (TPSA) is 18.1 Å². The molecule has 0 unspecified atom stereocenters.